The molecule has 11 nitrogen and oxygen atoms in total. The molecule has 3 amide bonds. The number of sulfonamides is 1. The van der Waals surface area contributed by atoms with Crippen molar-refractivity contribution in [3.8, 4) is 0 Å². The summed E-state index contributed by atoms with van der Waals surface area (Å²) in [5, 5.41) is 16.9. The van der Waals surface area contributed by atoms with E-state index in [1.165, 1.54) is 12.1 Å². The number of hydrogen-bond acceptors (Lipinski definition) is 6. The highest BCUT2D eigenvalue weighted by Crippen LogP contribution is 2.26. The van der Waals surface area contributed by atoms with E-state index in [1.807, 2.05) is 0 Å². The summed E-state index contributed by atoms with van der Waals surface area (Å²) in [6.45, 7) is 0.902. The Morgan fingerprint density at radius 2 is 1.79 bits per heavy atom. The molecule has 2 atom stereocenters. The molecule has 1 aromatic carbocycles. The van der Waals surface area contributed by atoms with E-state index < -0.39 is 40.0 Å². The van der Waals surface area contributed by atoms with E-state index in [9.17, 15) is 27.9 Å². The zero-order valence-corrected chi connectivity index (χ0v) is 19.4. The molecule has 1 aromatic rings. The van der Waals surface area contributed by atoms with Crippen molar-refractivity contribution in [1.29, 1.82) is 0 Å². The summed E-state index contributed by atoms with van der Waals surface area (Å²) in [5.41, 5.74) is 5.42. The van der Waals surface area contributed by atoms with Crippen LogP contribution >= 0.6 is 0 Å². The van der Waals surface area contributed by atoms with Crippen molar-refractivity contribution in [2.24, 2.45) is 5.73 Å². The van der Waals surface area contributed by atoms with Crippen molar-refractivity contribution in [2.45, 2.75) is 55.5 Å². The number of nitrogens with two attached hydrogens (primary N) is 1. The molecule has 1 aliphatic heterocycles. The predicted octanol–water partition coefficient (Wildman–Crippen LogP) is 0.227. The summed E-state index contributed by atoms with van der Waals surface area (Å²) in [4.78, 5) is 36.3. The number of amides is 3. The van der Waals surface area contributed by atoms with E-state index in [0.717, 1.165) is 30.0 Å². The van der Waals surface area contributed by atoms with Gasteiger partial charge in [-0.05, 0) is 44.4 Å². The van der Waals surface area contributed by atoms with Crippen LogP contribution in [-0.4, -0.2) is 74.0 Å². The normalized spacial score (nSPS) is 17.3. The van der Waals surface area contributed by atoms with Gasteiger partial charge in [0.15, 0.2) is 0 Å². The van der Waals surface area contributed by atoms with Gasteiger partial charge in [0.25, 0.3) is 0 Å². The number of aliphatic carboxylic acids is 1. The second-order valence-corrected chi connectivity index (χ2v) is 9.72. The second kappa shape index (κ2) is 13.1. The molecule has 2 rings (SSSR count). The van der Waals surface area contributed by atoms with Crippen LogP contribution in [0, 0.1) is 0 Å². The van der Waals surface area contributed by atoms with Crippen LogP contribution in [0.5, 0.6) is 0 Å². The van der Waals surface area contributed by atoms with Gasteiger partial charge in [0.05, 0.1) is 11.4 Å². The maximum atomic E-state index is 12.9. The van der Waals surface area contributed by atoms with Gasteiger partial charge in [0.1, 0.15) is 12.1 Å². The fourth-order valence-electron chi connectivity index (χ4n) is 3.57. The van der Waals surface area contributed by atoms with Crippen molar-refractivity contribution in [2.75, 3.05) is 26.2 Å². The van der Waals surface area contributed by atoms with E-state index in [-0.39, 0.29) is 24.4 Å². The SMILES string of the molecule is NCCCCCCNC(=O)NCC(NC(=O)[C@@H]1CCCN1S(=O)(=O)c1ccccc1)C(=O)O. The lowest BCUT2D eigenvalue weighted by Gasteiger charge is -2.25. The quantitative estimate of drug-likeness (QED) is 0.250. The zero-order valence-electron chi connectivity index (χ0n) is 18.5. The number of benzene rings is 1. The molecule has 1 unspecified atom stereocenters. The molecule has 1 aliphatic rings. The minimum atomic E-state index is -3.90. The number of carbonyl (C=O) groups is 3. The minimum absolute atomic E-state index is 0.0702. The molecule has 33 heavy (non-hydrogen) atoms. The van der Waals surface area contributed by atoms with Crippen LogP contribution in [0.25, 0.3) is 0 Å². The van der Waals surface area contributed by atoms with Crippen LogP contribution in [0.4, 0.5) is 4.79 Å². The highest BCUT2D eigenvalue weighted by atomic mass is 32.2. The summed E-state index contributed by atoms with van der Waals surface area (Å²) in [5.74, 6) is -2.04. The molecule has 1 fully saturated rings. The molecule has 0 saturated carbocycles. The number of nitrogens with zero attached hydrogens (tertiary/aromatic N) is 1. The first-order chi connectivity index (χ1) is 15.8. The topological polar surface area (TPSA) is 171 Å². The Balaban J connectivity index is 1.89. The Kier molecular flexibility index (Phi) is 10.6. The molecular formula is C21H33N5O6S. The van der Waals surface area contributed by atoms with Crippen LogP contribution in [0.3, 0.4) is 0 Å². The van der Waals surface area contributed by atoms with Gasteiger partial charge >= 0.3 is 12.0 Å². The molecule has 6 N–H and O–H groups in total. The van der Waals surface area contributed by atoms with Crippen molar-refractivity contribution < 1.29 is 27.9 Å². The predicted molar refractivity (Wildman–Crippen MR) is 122 cm³/mol. The first-order valence-corrected chi connectivity index (χ1v) is 12.5. The third-order valence-electron chi connectivity index (χ3n) is 5.35. The average molecular weight is 484 g/mol. The zero-order chi connectivity index (χ0) is 24.3. The number of carbonyl (C=O) groups excluding carboxylic acids is 2. The lowest BCUT2D eigenvalue weighted by molar-refractivity contribution is -0.142. The molecule has 1 heterocycles. The molecule has 0 radical (unpaired) electrons. The fourth-order valence-corrected chi connectivity index (χ4v) is 5.25. The monoisotopic (exact) mass is 483 g/mol. The standard InChI is InChI=1S/C21H33N5O6S/c22-12-6-1-2-7-13-23-21(30)24-15-17(20(28)29)25-19(27)18-11-8-14-26(18)33(31,32)16-9-4-3-5-10-16/h3-5,9-10,17-18H,1-2,6-8,11-15,22H2,(H,25,27)(H,28,29)(H2,23,24,30)/t17?,18-/m0/s1. The van der Waals surface area contributed by atoms with E-state index in [2.05, 4.69) is 16.0 Å². The number of unbranched alkanes of at least 4 members (excludes halogenated alkanes) is 3. The molecular weight excluding hydrogens is 450 g/mol. The van der Waals surface area contributed by atoms with E-state index in [0.29, 0.717) is 19.5 Å². The van der Waals surface area contributed by atoms with E-state index in [1.54, 1.807) is 18.2 Å². The van der Waals surface area contributed by atoms with Gasteiger partial charge < -0.3 is 26.8 Å². The summed E-state index contributed by atoms with van der Waals surface area (Å²) in [6.07, 6.45) is 4.37. The number of nitrogens with one attached hydrogen (secondary N) is 3. The highest BCUT2D eigenvalue weighted by molar-refractivity contribution is 7.89. The second-order valence-electron chi connectivity index (χ2n) is 7.83. The van der Waals surface area contributed by atoms with Gasteiger partial charge in [-0.2, -0.15) is 4.31 Å². The Morgan fingerprint density at radius 1 is 1.09 bits per heavy atom. The van der Waals surface area contributed by atoms with Gasteiger partial charge in [-0.3, -0.25) is 4.79 Å². The smallest absolute Gasteiger partial charge is 0.328 e. The van der Waals surface area contributed by atoms with Gasteiger partial charge in [0.2, 0.25) is 15.9 Å². The van der Waals surface area contributed by atoms with Crippen molar-refractivity contribution >= 4 is 27.9 Å². The molecule has 0 aliphatic carbocycles. The Morgan fingerprint density at radius 3 is 2.45 bits per heavy atom. The summed E-state index contributed by atoms with van der Waals surface area (Å²) >= 11 is 0. The third-order valence-corrected chi connectivity index (χ3v) is 7.28. The number of carboxylic acids is 1. The number of urea groups is 1. The van der Waals surface area contributed by atoms with Crippen LogP contribution < -0.4 is 21.7 Å². The van der Waals surface area contributed by atoms with Crippen molar-refractivity contribution in [3.63, 3.8) is 0 Å². The van der Waals surface area contributed by atoms with Gasteiger partial charge in [-0.15, -0.1) is 0 Å². The van der Waals surface area contributed by atoms with Crippen LogP contribution in [0.1, 0.15) is 38.5 Å². The minimum Gasteiger partial charge on any atom is -0.480 e. The largest absolute Gasteiger partial charge is 0.480 e. The third kappa shape index (κ3) is 7.98. The van der Waals surface area contributed by atoms with Crippen molar-refractivity contribution in [3.05, 3.63) is 30.3 Å². The maximum Gasteiger partial charge on any atom is 0.328 e. The van der Waals surface area contributed by atoms with Crippen LogP contribution in [-0.2, 0) is 19.6 Å². The summed E-state index contributed by atoms with van der Waals surface area (Å²) in [6, 6.07) is 4.82. The summed E-state index contributed by atoms with van der Waals surface area (Å²) < 4.78 is 26.9. The number of hydrogen-bond donors (Lipinski definition) is 5. The van der Waals surface area contributed by atoms with Crippen LogP contribution in [0.2, 0.25) is 0 Å². The highest BCUT2D eigenvalue weighted by Gasteiger charge is 2.40. The van der Waals surface area contributed by atoms with Gasteiger partial charge in [0, 0.05) is 13.1 Å². The molecule has 0 spiro atoms. The first-order valence-electron chi connectivity index (χ1n) is 11.1. The molecule has 184 valence electrons. The molecule has 0 bridgehead atoms. The lowest BCUT2D eigenvalue weighted by atomic mass is 10.2. The first kappa shape index (κ1) is 26.6. The Labute approximate surface area is 194 Å². The van der Waals surface area contributed by atoms with E-state index >= 15 is 0 Å². The maximum absolute atomic E-state index is 12.9. The number of rotatable bonds is 13. The fraction of sp³-hybridized carbons (Fsp3) is 0.571. The number of carboxylic acid groups (broad SMARTS) is 1. The molecule has 12 heteroatoms. The Hall–Kier alpha value is -2.70. The van der Waals surface area contributed by atoms with Crippen LogP contribution in [0.15, 0.2) is 35.2 Å². The lowest BCUT2D eigenvalue weighted by Crippen LogP contribution is -2.54. The molecule has 0 aromatic heterocycles. The van der Waals surface area contributed by atoms with Gasteiger partial charge in [-0.1, -0.05) is 31.0 Å². The van der Waals surface area contributed by atoms with E-state index in [4.69, 9.17) is 5.73 Å². The van der Waals surface area contributed by atoms with Crippen molar-refractivity contribution in [1.82, 2.24) is 20.3 Å². The summed E-state index contributed by atoms with van der Waals surface area (Å²) in [7, 11) is -3.90. The molecule has 1 saturated heterocycles. The average Bonchev–Trinajstić information content (AvgIpc) is 3.30. The van der Waals surface area contributed by atoms with Gasteiger partial charge in [-0.25, -0.2) is 18.0 Å². The Bertz CT molecular complexity index is 896.